The van der Waals surface area contributed by atoms with Crippen molar-refractivity contribution in [3.8, 4) is 0 Å². The number of nitrogens with one attached hydrogen (secondary N) is 2. The van der Waals surface area contributed by atoms with Gasteiger partial charge in [-0.15, -0.1) is 0 Å². The maximum Gasteiger partial charge on any atom is 0.233 e. The Morgan fingerprint density at radius 2 is 2.05 bits per heavy atom. The molecule has 0 aliphatic heterocycles. The van der Waals surface area contributed by atoms with Gasteiger partial charge < -0.3 is 10.6 Å². The Kier molecular flexibility index (Phi) is 5.78. The third-order valence-corrected chi connectivity index (χ3v) is 3.97. The third kappa shape index (κ3) is 4.81. The second-order valence-corrected chi connectivity index (χ2v) is 6.44. The van der Waals surface area contributed by atoms with Crippen LogP contribution in [0.15, 0.2) is 23.1 Å². The summed E-state index contributed by atoms with van der Waals surface area (Å²) in [6, 6.07) is 4.72. The highest BCUT2D eigenvalue weighted by Crippen LogP contribution is 2.23. The van der Waals surface area contributed by atoms with Crippen LogP contribution in [0.3, 0.4) is 0 Å². The molecule has 0 aromatic heterocycles. The Morgan fingerprint density at radius 3 is 2.63 bits per heavy atom. The standard InChI is InChI=1S/C12H17ClN2O3S/c1-3-15-12(16)8-14-7-9-10(13)5-4-6-11(9)19(2,17)18/h4-6,14H,3,7-8H2,1-2H3,(H,15,16). The normalized spacial score (nSPS) is 11.3. The van der Waals surface area contributed by atoms with Gasteiger partial charge in [0.2, 0.25) is 5.91 Å². The van der Waals surface area contributed by atoms with E-state index >= 15 is 0 Å². The predicted molar refractivity (Wildman–Crippen MR) is 75.0 cm³/mol. The monoisotopic (exact) mass is 304 g/mol. The Morgan fingerprint density at radius 1 is 1.37 bits per heavy atom. The van der Waals surface area contributed by atoms with Gasteiger partial charge in [0.15, 0.2) is 9.84 Å². The minimum atomic E-state index is -3.34. The molecule has 5 nitrogen and oxygen atoms in total. The number of benzene rings is 1. The van der Waals surface area contributed by atoms with Gasteiger partial charge in [0.1, 0.15) is 0 Å². The zero-order valence-corrected chi connectivity index (χ0v) is 12.4. The van der Waals surface area contributed by atoms with E-state index in [2.05, 4.69) is 10.6 Å². The summed E-state index contributed by atoms with van der Waals surface area (Å²) in [4.78, 5) is 11.5. The average molecular weight is 305 g/mol. The van der Waals surface area contributed by atoms with E-state index in [9.17, 15) is 13.2 Å². The van der Waals surface area contributed by atoms with Crippen LogP contribution in [0.1, 0.15) is 12.5 Å². The Balaban J connectivity index is 2.81. The number of sulfone groups is 1. The SMILES string of the molecule is CCNC(=O)CNCc1c(Cl)cccc1S(C)(=O)=O. The smallest absolute Gasteiger partial charge is 0.233 e. The van der Waals surface area contributed by atoms with Crippen molar-refractivity contribution >= 4 is 27.3 Å². The molecule has 0 heterocycles. The quantitative estimate of drug-likeness (QED) is 0.821. The lowest BCUT2D eigenvalue weighted by atomic mass is 10.2. The van der Waals surface area contributed by atoms with Gasteiger partial charge in [-0.1, -0.05) is 17.7 Å². The molecule has 106 valence electrons. The average Bonchev–Trinajstić information content (AvgIpc) is 2.30. The summed E-state index contributed by atoms with van der Waals surface area (Å²) >= 11 is 6.01. The van der Waals surface area contributed by atoms with Crippen LogP contribution in [0.25, 0.3) is 0 Å². The van der Waals surface area contributed by atoms with E-state index in [1.54, 1.807) is 12.1 Å². The Bertz CT molecular complexity index is 558. The van der Waals surface area contributed by atoms with Gasteiger partial charge in [0.25, 0.3) is 0 Å². The Labute approximate surface area is 118 Å². The van der Waals surface area contributed by atoms with Crippen molar-refractivity contribution in [3.63, 3.8) is 0 Å². The molecule has 0 aliphatic rings. The molecule has 0 fully saturated rings. The first kappa shape index (κ1) is 15.9. The van der Waals surface area contributed by atoms with E-state index < -0.39 is 9.84 Å². The zero-order chi connectivity index (χ0) is 14.5. The summed E-state index contributed by atoms with van der Waals surface area (Å²) in [5, 5.41) is 5.88. The fraction of sp³-hybridized carbons (Fsp3) is 0.417. The van der Waals surface area contributed by atoms with Gasteiger partial charge in [-0.25, -0.2) is 8.42 Å². The zero-order valence-electron chi connectivity index (χ0n) is 10.9. The van der Waals surface area contributed by atoms with Crippen LogP contribution in [0, 0.1) is 0 Å². The van der Waals surface area contributed by atoms with Crippen LogP contribution in [-0.2, 0) is 21.2 Å². The molecule has 0 atom stereocenters. The number of halogens is 1. The van der Waals surface area contributed by atoms with E-state index in [-0.39, 0.29) is 23.9 Å². The number of amides is 1. The lowest BCUT2D eigenvalue weighted by molar-refractivity contribution is -0.120. The number of carbonyl (C=O) groups is 1. The minimum absolute atomic E-state index is 0.113. The highest BCUT2D eigenvalue weighted by Gasteiger charge is 2.15. The fourth-order valence-corrected chi connectivity index (χ4v) is 2.87. The van der Waals surface area contributed by atoms with E-state index in [4.69, 9.17) is 11.6 Å². The molecule has 0 spiro atoms. The number of hydrogen-bond acceptors (Lipinski definition) is 4. The summed E-state index contributed by atoms with van der Waals surface area (Å²) in [6.07, 6.45) is 1.13. The van der Waals surface area contributed by atoms with Crippen LogP contribution >= 0.6 is 11.6 Å². The molecule has 19 heavy (non-hydrogen) atoms. The minimum Gasteiger partial charge on any atom is -0.355 e. The molecule has 0 aliphatic carbocycles. The number of rotatable bonds is 6. The van der Waals surface area contributed by atoms with E-state index in [1.807, 2.05) is 6.92 Å². The van der Waals surface area contributed by atoms with Crippen LogP contribution in [0.4, 0.5) is 0 Å². The van der Waals surface area contributed by atoms with E-state index in [1.165, 1.54) is 6.07 Å². The van der Waals surface area contributed by atoms with Crippen molar-refractivity contribution in [3.05, 3.63) is 28.8 Å². The van der Waals surface area contributed by atoms with Crippen molar-refractivity contribution in [2.75, 3.05) is 19.3 Å². The van der Waals surface area contributed by atoms with Crippen LogP contribution in [-0.4, -0.2) is 33.7 Å². The second-order valence-electron chi connectivity index (χ2n) is 4.05. The molecule has 0 saturated carbocycles. The van der Waals surface area contributed by atoms with Crippen LogP contribution < -0.4 is 10.6 Å². The number of hydrogen-bond donors (Lipinski definition) is 2. The van der Waals surface area contributed by atoms with Crippen molar-refractivity contribution in [1.82, 2.24) is 10.6 Å². The van der Waals surface area contributed by atoms with Gasteiger partial charge >= 0.3 is 0 Å². The van der Waals surface area contributed by atoms with Crippen molar-refractivity contribution in [1.29, 1.82) is 0 Å². The highest BCUT2D eigenvalue weighted by atomic mass is 35.5. The maximum absolute atomic E-state index is 11.6. The molecule has 1 aromatic rings. The molecular formula is C12H17ClN2O3S. The van der Waals surface area contributed by atoms with Crippen molar-refractivity contribution in [2.24, 2.45) is 0 Å². The first-order valence-electron chi connectivity index (χ1n) is 5.81. The third-order valence-electron chi connectivity index (χ3n) is 2.44. The van der Waals surface area contributed by atoms with Crippen molar-refractivity contribution in [2.45, 2.75) is 18.4 Å². The Hall–Kier alpha value is -1.11. The maximum atomic E-state index is 11.6. The highest BCUT2D eigenvalue weighted by molar-refractivity contribution is 7.90. The van der Waals surface area contributed by atoms with E-state index in [0.29, 0.717) is 17.1 Å². The molecule has 7 heteroatoms. The first-order valence-corrected chi connectivity index (χ1v) is 8.08. The lowest BCUT2D eigenvalue weighted by Crippen LogP contribution is -2.33. The van der Waals surface area contributed by atoms with Gasteiger partial charge in [-0.3, -0.25) is 4.79 Å². The molecule has 0 saturated heterocycles. The number of likely N-dealkylation sites (N-methyl/N-ethyl adjacent to an activating group) is 1. The molecule has 0 unspecified atom stereocenters. The van der Waals surface area contributed by atoms with Gasteiger partial charge in [-0.05, 0) is 19.1 Å². The van der Waals surface area contributed by atoms with Crippen LogP contribution in [0.5, 0.6) is 0 Å². The summed E-state index contributed by atoms with van der Waals surface area (Å²) in [7, 11) is -3.34. The molecular weight excluding hydrogens is 288 g/mol. The fourth-order valence-electron chi connectivity index (χ4n) is 1.62. The van der Waals surface area contributed by atoms with Gasteiger partial charge in [0.05, 0.1) is 11.4 Å². The number of carbonyl (C=O) groups excluding carboxylic acids is 1. The molecule has 0 bridgehead atoms. The molecule has 2 N–H and O–H groups in total. The summed E-state index contributed by atoms with van der Waals surface area (Å²) in [6.45, 7) is 2.72. The molecule has 0 radical (unpaired) electrons. The summed E-state index contributed by atoms with van der Waals surface area (Å²) in [5.74, 6) is -0.143. The summed E-state index contributed by atoms with van der Waals surface area (Å²) in [5.41, 5.74) is 0.482. The summed E-state index contributed by atoms with van der Waals surface area (Å²) < 4.78 is 23.3. The van der Waals surface area contributed by atoms with Crippen molar-refractivity contribution < 1.29 is 13.2 Å². The predicted octanol–water partition coefficient (Wildman–Crippen LogP) is 0.969. The second kappa shape index (κ2) is 6.88. The largest absolute Gasteiger partial charge is 0.355 e. The molecule has 1 amide bonds. The molecule has 1 aromatic carbocycles. The topological polar surface area (TPSA) is 75.3 Å². The van der Waals surface area contributed by atoms with Gasteiger partial charge in [0, 0.05) is 29.9 Å². The molecule has 1 rings (SSSR count). The van der Waals surface area contributed by atoms with E-state index in [0.717, 1.165) is 6.26 Å². The van der Waals surface area contributed by atoms with Crippen LogP contribution in [0.2, 0.25) is 5.02 Å². The van der Waals surface area contributed by atoms with Gasteiger partial charge in [-0.2, -0.15) is 0 Å². The first-order chi connectivity index (χ1) is 8.86. The lowest BCUT2D eigenvalue weighted by Gasteiger charge is -2.11.